The molecule has 0 spiro atoms. The molecule has 1 N–H and O–H groups in total. The average molecular weight is 142 g/mol. The Morgan fingerprint density at radius 2 is 1.82 bits per heavy atom. The zero-order valence-electron chi connectivity index (χ0n) is 6.79. The van der Waals surface area contributed by atoms with Crippen molar-refractivity contribution in [3.8, 4) is 0 Å². The maximum absolute atomic E-state index is 10.9. The molecular weight excluding hydrogens is 133 g/mol. The summed E-state index contributed by atoms with van der Waals surface area (Å²) in [4.78, 5) is 10.9. The molecule has 0 aliphatic heterocycles. The van der Waals surface area contributed by atoms with Crippen molar-refractivity contribution in [1.82, 2.24) is 5.32 Å². The third kappa shape index (κ3) is 2.79. The molecule has 0 fully saturated rings. The van der Waals surface area contributed by atoms with Crippen LogP contribution in [-0.4, -0.2) is 13.0 Å². The number of amides is 1. The predicted octanol–water partition coefficient (Wildman–Crippen LogP) is -1.95. The molecule has 1 rings (SSSR count). The van der Waals surface area contributed by atoms with Crippen molar-refractivity contribution in [2.45, 2.75) is 0 Å². The molecule has 11 heavy (non-hydrogen) atoms. The van der Waals surface area contributed by atoms with Crippen molar-refractivity contribution in [2.24, 2.45) is 0 Å². The van der Waals surface area contributed by atoms with E-state index in [4.69, 9.17) is 0 Å². The van der Waals surface area contributed by atoms with Crippen LogP contribution in [0.15, 0.2) is 30.3 Å². The third-order valence-electron chi connectivity index (χ3n) is 1.26. The summed E-state index contributed by atoms with van der Waals surface area (Å²) in [5.41, 5.74) is 0.699. The van der Waals surface area contributed by atoms with Crippen LogP contribution in [0.3, 0.4) is 0 Å². The van der Waals surface area contributed by atoms with Gasteiger partial charge in [-0.2, -0.15) is 0 Å². The van der Waals surface area contributed by atoms with E-state index in [9.17, 15) is 4.79 Å². The van der Waals surface area contributed by atoms with Gasteiger partial charge in [0.05, 0.1) is 0 Å². The normalized spacial score (nSPS) is 8.09. The Labute approximate surface area is 78.2 Å². The second-order valence-corrected chi connectivity index (χ2v) is 1.95. The van der Waals surface area contributed by atoms with Crippen LogP contribution in [0.5, 0.6) is 0 Å². The summed E-state index contributed by atoms with van der Waals surface area (Å²) in [6.45, 7) is 0. The fraction of sp³-hybridized carbons (Fsp3) is 0.125. The third-order valence-corrected chi connectivity index (χ3v) is 1.26. The van der Waals surface area contributed by atoms with Crippen molar-refractivity contribution in [1.29, 1.82) is 0 Å². The van der Waals surface area contributed by atoms with E-state index in [-0.39, 0.29) is 24.8 Å². The first-order valence-corrected chi connectivity index (χ1v) is 3.11. The van der Waals surface area contributed by atoms with Gasteiger partial charge in [0, 0.05) is 12.6 Å². The first-order chi connectivity index (χ1) is 4.84. The standard InChI is InChI=1S/C8H9NO.Li/c1-9-8(10)7-5-3-2-4-6-7;/h2-6H,1H3,(H,9,10);/q;+1. The zero-order valence-corrected chi connectivity index (χ0v) is 6.79. The van der Waals surface area contributed by atoms with E-state index in [1.54, 1.807) is 19.2 Å². The predicted molar refractivity (Wildman–Crippen MR) is 39.8 cm³/mol. The molecule has 0 saturated heterocycles. The molecule has 0 atom stereocenters. The van der Waals surface area contributed by atoms with E-state index < -0.39 is 0 Å². The first kappa shape index (κ1) is 10.3. The fourth-order valence-electron chi connectivity index (χ4n) is 0.734. The Morgan fingerprint density at radius 3 is 2.27 bits per heavy atom. The van der Waals surface area contributed by atoms with Gasteiger partial charge in [0.1, 0.15) is 0 Å². The van der Waals surface area contributed by atoms with Crippen molar-refractivity contribution in [3.05, 3.63) is 35.9 Å². The molecule has 1 aromatic rings. The summed E-state index contributed by atoms with van der Waals surface area (Å²) in [6.07, 6.45) is 0. The van der Waals surface area contributed by atoms with E-state index in [0.29, 0.717) is 5.56 Å². The van der Waals surface area contributed by atoms with E-state index in [1.807, 2.05) is 18.2 Å². The van der Waals surface area contributed by atoms with E-state index >= 15 is 0 Å². The molecule has 3 heteroatoms. The van der Waals surface area contributed by atoms with Gasteiger partial charge in [0.15, 0.2) is 0 Å². The van der Waals surface area contributed by atoms with Crippen molar-refractivity contribution >= 4 is 5.91 Å². The largest absolute Gasteiger partial charge is 1.00 e. The Morgan fingerprint density at radius 1 is 1.27 bits per heavy atom. The minimum absolute atomic E-state index is 0. The number of carbonyl (C=O) groups is 1. The van der Waals surface area contributed by atoms with Crippen molar-refractivity contribution in [2.75, 3.05) is 7.05 Å². The molecule has 0 heterocycles. The molecular formula is C8H9LiNO+. The van der Waals surface area contributed by atoms with Gasteiger partial charge in [-0.05, 0) is 12.1 Å². The van der Waals surface area contributed by atoms with Gasteiger partial charge in [0.25, 0.3) is 5.91 Å². The van der Waals surface area contributed by atoms with Crippen LogP contribution in [0.2, 0.25) is 0 Å². The van der Waals surface area contributed by atoms with Crippen LogP contribution < -0.4 is 24.2 Å². The number of benzene rings is 1. The van der Waals surface area contributed by atoms with Crippen molar-refractivity contribution in [3.63, 3.8) is 0 Å². The van der Waals surface area contributed by atoms with Crippen molar-refractivity contribution < 1.29 is 23.7 Å². The van der Waals surface area contributed by atoms with Gasteiger partial charge >= 0.3 is 18.9 Å². The number of carbonyl (C=O) groups excluding carboxylic acids is 1. The molecule has 2 nitrogen and oxygen atoms in total. The topological polar surface area (TPSA) is 29.1 Å². The quantitative estimate of drug-likeness (QED) is 0.454. The van der Waals surface area contributed by atoms with Crippen LogP contribution in [0.1, 0.15) is 10.4 Å². The van der Waals surface area contributed by atoms with Gasteiger partial charge < -0.3 is 5.32 Å². The number of rotatable bonds is 1. The minimum Gasteiger partial charge on any atom is -0.355 e. The van der Waals surface area contributed by atoms with Crippen LogP contribution in [-0.2, 0) is 0 Å². The SMILES string of the molecule is CNC(=O)c1ccccc1.[Li+]. The van der Waals surface area contributed by atoms with Gasteiger partial charge in [-0.1, -0.05) is 18.2 Å². The van der Waals surface area contributed by atoms with Crippen LogP contribution >= 0.6 is 0 Å². The summed E-state index contributed by atoms with van der Waals surface area (Å²) >= 11 is 0. The number of hydrogen-bond donors (Lipinski definition) is 1. The zero-order chi connectivity index (χ0) is 7.40. The second-order valence-electron chi connectivity index (χ2n) is 1.95. The minimum atomic E-state index is -0.0411. The maximum Gasteiger partial charge on any atom is 1.00 e. The molecule has 0 aliphatic rings. The van der Waals surface area contributed by atoms with E-state index in [0.717, 1.165) is 0 Å². The average Bonchev–Trinajstić information content (AvgIpc) is 2.05. The first-order valence-electron chi connectivity index (χ1n) is 3.11. The smallest absolute Gasteiger partial charge is 0.355 e. The van der Waals surface area contributed by atoms with Gasteiger partial charge in [-0.3, -0.25) is 4.79 Å². The number of hydrogen-bond acceptors (Lipinski definition) is 1. The molecule has 0 radical (unpaired) electrons. The van der Waals surface area contributed by atoms with Crippen LogP contribution in [0, 0.1) is 0 Å². The Bertz CT molecular complexity index is 223. The summed E-state index contributed by atoms with van der Waals surface area (Å²) in [6, 6.07) is 9.11. The summed E-state index contributed by atoms with van der Waals surface area (Å²) in [5.74, 6) is -0.0411. The molecule has 1 aromatic carbocycles. The summed E-state index contributed by atoms with van der Waals surface area (Å²) in [5, 5.41) is 2.54. The van der Waals surface area contributed by atoms with E-state index in [2.05, 4.69) is 5.32 Å². The Hall–Kier alpha value is -0.713. The maximum atomic E-state index is 10.9. The molecule has 1 amide bonds. The van der Waals surface area contributed by atoms with Crippen LogP contribution in [0.4, 0.5) is 0 Å². The number of nitrogens with one attached hydrogen (secondary N) is 1. The van der Waals surface area contributed by atoms with Crippen LogP contribution in [0.25, 0.3) is 0 Å². The fourth-order valence-corrected chi connectivity index (χ4v) is 0.734. The van der Waals surface area contributed by atoms with Gasteiger partial charge in [-0.15, -0.1) is 0 Å². The van der Waals surface area contributed by atoms with E-state index in [1.165, 1.54) is 0 Å². The summed E-state index contributed by atoms with van der Waals surface area (Å²) < 4.78 is 0. The van der Waals surface area contributed by atoms with Gasteiger partial charge in [-0.25, -0.2) is 0 Å². The molecule has 0 bridgehead atoms. The summed E-state index contributed by atoms with van der Waals surface area (Å²) in [7, 11) is 1.62. The Kier molecular flexibility index (Phi) is 4.68. The monoisotopic (exact) mass is 142 g/mol. The molecule has 52 valence electrons. The molecule has 0 aromatic heterocycles. The Balaban J connectivity index is 0.000001000. The van der Waals surface area contributed by atoms with Gasteiger partial charge in [0.2, 0.25) is 0 Å². The second kappa shape index (κ2) is 5.01. The molecule has 0 saturated carbocycles. The molecule has 0 unspecified atom stereocenters. The molecule has 0 aliphatic carbocycles.